The predicted molar refractivity (Wildman–Crippen MR) is 62.4 cm³/mol. The lowest BCUT2D eigenvalue weighted by Gasteiger charge is -1.98. The maximum Gasteiger partial charge on any atom is 0.126 e. The number of hydrogen-bond donors (Lipinski definition) is 1. The fourth-order valence-electron chi connectivity index (χ4n) is 1.50. The molecule has 84 valence electrons. The van der Waals surface area contributed by atoms with Crippen molar-refractivity contribution in [1.82, 2.24) is 5.32 Å². The zero-order valence-corrected chi connectivity index (χ0v) is 9.57. The monoisotopic (exact) mass is 239 g/mol. The van der Waals surface area contributed by atoms with E-state index in [9.17, 15) is 8.78 Å². The van der Waals surface area contributed by atoms with Gasteiger partial charge < -0.3 is 5.32 Å². The number of thiophene rings is 1. The number of benzene rings is 1. The molecule has 1 nitrogen and oxygen atoms in total. The SMILES string of the molecule is CNCc1ccc(-c2cc(F)cc(F)c2)s1. The molecule has 1 aromatic carbocycles. The molecular formula is C12H11F2NS. The van der Waals surface area contributed by atoms with Crippen molar-refractivity contribution in [1.29, 1.82) is 0 Å². The summed E-state index contributed by atoms with van der Waals surface area (Å²) in [5.74, 6) is -1.09. The van der Waals surface area contributed by atoms with Crippen LogP contribution in [0.5, 0.6) is 0 Å². The van der Waals surface area contributed by atoms with E-state index in [1.165, 1.54) is 23.5 Å². The first kappa shape index (κ1) is 11.2. The molecule has 0 bridgehead atoms. The van der Waals surface area contributed by atoms with E-state index in [0.717, 1.165) is 22.4 Å². The number of hydrogen-bond acceptors (Lipinski definition) is 2. The lowest BCUT2D eigenvalue weighted by Crippen LogP contribution is -2.02. The molecule has 0 aliphatic carbocycles. The van der Waals surface area contributed by atoms with Crippen molar-refractivity contribution in [2.75, 3.05) is 7.05 Å². The van der Waals surface area contributed by atoms with Gasteiger partial charge in [-0.2, -0.15) is 0 Å². The van der Waals surface area contributed by atoms with Crippen LogP contribution in [0.15, 0.2) is 30.3 Å². The van der Waals surface area contributed by atoms with Crippen molar-refractivity contribution in [2.24, 2.45) is 0 Å². The zero-order chi connectivity index (χ0) is 11.5. The van der Waals surface area contributed by atoms with E-state index in [-0.39, 0.29) is 0 Å². The first-order valence-electron chi connectivity index (χ1n) is 4.89. The van der Waals surface area contributed by atoms with Gasteiger partial charge in [0.05, 0.1) is 0 Å². The van der Waals surface area contributed by atoms with Gasteiger partial charge in [-0.25, -0.2) is 8.78 Å². The Bertz CT molecular complexity index is 473. The van der Waals surface area contributed by atoms with Gasteiger partial charge in [0.1, 0.15) is 11.6 Å². The molecule has 0 unspecified atom stereocenters. The Labute approximate surface area is 96.7 Å². The van der Waals surface area contributed by atoms with Crippen molar-refractivity contribution in [3.63, 3.8) is 0 Å². The summed E-state index contributed by atoms with van der Waals surface area (Å²) in [6, 6.07) is 7.41. The summed E-state index contributed by atoms with van der Waals surface area (Å²) in [5, 5.41) is 3.03. The van der Waals surface area contributed by atoms with Crippen LogP contribution in [0.4, 0.5) is 8.78 Å². The van der Waals surface area contributed by atoms with Crippen LogP contribution in [-0.2, 0) is 6.54 Å². The van der Waals surface area contributed by atoms with Gasteiger partial charge in [-0.15, -0.1) is 11.3 Å². The Balaban J connectivity index is 2.34. The van der Waals surface area contributed by atoms with Gasteiger partial charge >= 0.3 is 0 Å². The Morgan fingerprint density at radius 1 is 1.12 bits per heavy atom. The lowest BCUT2D eigenvalue weighted by molar-refractivity contribution is 0.584. The quantitative estimate of drug-likeness (QED) is 0.865. The van der Waals surface area contributed by atoms with Crippen LogP contribution in [0.3, 0.4) is 0 Å². The van der Waals surface area contributed by atoms with E-state index in [1.54, 1.807) is 0 Å². The predicted octanol–water partition coefficient (Wildman–Crippen LogP) is 3.41. The average Bonchev–Trinajstić information content (AvgIpc) is 2.65. The molecule has 4 heteroatoms. The second-order valence-corrected chi connectivity index (χ2v) is 4.62. The maximum absolute atomic E-state index is 13.0. The Hall–Kier alpha value is -1.26. The van der Waals surface area contributed by atoms with E-state index < -0.39 is 11.6 Å². The Kier molecular flexibility index (Phi) is 3.31. The third-order valence-electron chi connectivity index (χ3n) is 2.16. The van der Waals surface area contributed by atoms with Gasteiger partial charge in [-0.1, -0.05) is 0 Å². The minimum Gasteiger partial charge on any atom is -0.315 e. The third kappa shape index (κ3) is 2.46. The molecule has 0 aliphatic rings. The maximum atomic E-state index is 13.0. The van der Waals surface area contributed by atoms with E-state index >= 15 is 0 Å². The standard InChI is InChI=1S/C12H11F2NS/c1-15-7-11-2-3-12(16-11)8-4-9(13)6-10(14)5-8/h2-6,15H,7H2,1H3. The van der Waals surface area contributed by atoms with Crippen LogP contribution in [0.25, 0.3) is 10.4 Å². The van der Waals surface area contributed by atoms with Crippen molar-refractivity contribution in [3.05, 3.63) is 46.8 Å². The molecule has 0 radical (unpaired) electrons. The van der Waals surface area contributed by atoms with Gasteiger partial charge in [-0.3, -0.25) is 0 Å². The van der Waals surface area contributed by atoms with E-state index in [4.69, 9.17) is 0 Å². The summed E-state index contributed by atoms with van der Waals surface area (Å²) in [6.45, 7) is 0.766. The van der Waals surface area contributed by atoms with Gasteiger partial charge in [-0.05, 0) is 36.9 Å². The largest absolute Gasteiger partial charge is 0.315 e. The van der Waals surface area contributed by atoms with Gasteiger partial charge in [0.2, 0.25) is 0 Å². The molecule has 16 heavy (non-hydrogen) atoms. The molecule has 2 aromatic rings. The summed E-state index contributed by atoms with van der Waals surface area (Å²) in [4.78, 5) is 2.02. The highest BCUT2D eigenvalue weighted by Gasteiger charge is 2.05. The number of rotatable bonds is 3. The highest BCUT2D eigenvalue weighted by Crippen LogP contribution is 2.29. The average molecular weight is 239 g/mol. The first-order chi connectivity index (χ1) is 7.69. The summed E-state index contributed by atoms with van der Waals surface area (Å²) in [5.41, 5.74) is 0.588. The second-order valence-electron chi connectivity index (χ2n) is 3.45. The molecule has 0 amide bonds. The summed E-state index contributed by atoms with van der Waals surface area (Å²) >= 11 is 1.53. The smallest absolute Gasteiger partial charge is 0.126 e. The van der Waals surface area contributed by atoms with Crippen LogP contribution in [-0.4, -0.2) is 7.05 Å². The van der Waals surface area contributed by atoms with Crippen LogP contribution in [0.1, 0.15) is 4.88 Å². The fourth-order valence-corrected chi connectivity index (χ4v) is 2.51. The molecule has 1 heterocycles. The molecule has 2 rings (SSSR count). The van der Waals surface area contributed by atoms with Crippen LogP contribution in [0, 0.1) is 11.6 Å². The first-order valence-corrected chi connectivity index (χ1v) is 5.70. The van der Waals surface area contributed by atoms with E-state index in [0.29, 0.717) is 5.56 Å². The van der Waals surface area contributed by atoms with Gasteiger partial charge in [0, 0.05) is 22.4 Å². The highest BCUT2D eigenvalue weighted by atomic mass is 32.1. The Morgan fingerprint density at radius 3 is 2.44 bits per heavy atom. The van der Waals surface area contributed by atoms with Crippen molar-refractivity contribution in [2.45, 2.75) is 6.54 Å². The zero-order valence-electron chi connectivity index (χ0n) is 8.76. The van der Waals surface area contributed by atoms with E-state index in [1.807, 2.05) is 19.2 Å². The summed E-state index contributed by atoms with van der Waals surface area (Å²) in [7, 11) is 1.86. The summed E-state index contributed by atoms with van der Waals surface area (Å²) in [6.07, 6.45) is 0. The van der Waals surface area contributed by atoms with Crippen LogP contribution < -0.4 is 5.32 Å². The third-order valence-corrected chi connectivity index (χ3v) is 3.29. The topological polar surface area (TPSA) is 12.0 Å². The molecule has 0 spiro atoms. The number of nitrogens with one attached hydrogen (secondary N) is 1. The second kappa shape index (κ2) is 4.72. The van der Waals surface area contributed by atoms with Crippen molar-refractivity contribution < 1.29 is 8.78 Å². The normalized spacial score (nSPS) is 10.7. The molecule has 0 atom stereocenters. The molecule has 0 aliphatic heterocycles. The minimum atomic E-state index is -0.543. The van der Waals surface area contributed by atoms with Gasteiger partial charge in [0.25, 0.3) is 0 Å². The van der Waals surface area contributed by atoms with Crippen LogP contribution in [0.2, 0.25) is 0 Å². The van der Waals surface area contributed by atoms with E-state index in [2.05, 4.69) is 5.32 Å². The minimum absolute atomic E-state index is 0.543. The molecule has 0 fully saturated rings. The molecule has 1 N–H and O–H groups in total. The Morgan fingerprint density at radius 2 is 1.81 bits per heavy atom. The van der Waals surface area contributed by atoms with Gasteiger partial charge in [0.15, 0.2) is 0 Å². The molecule has 1 aromatic heterocycles. The molecule has 0 saturated carbocycles. The highest BCUT2D eigenvalue weighted by molar-refractivity contribution is 7.15. The molecule has 0 saturated heterocycles. The fraction of sp³-hybridized carbons (Fsp3) is 0.167. The lowest BCUT2D eigenvalue weighted by atomic mass is 10.2. The summed E-state index contributed by atoms with van der Waals surface area (Å²) < 4.78 is 26.0. The molecular weight excluding hydrogens is 228 g/mol. The van der Waals surface area contributed by atoms with Crippen molar-refractivity contribution >= 4 is 11.3 Å². The van der Waals surface area contributed by atoms with Crippen LogP contribution >= 0.6 is 11.3 Å². The van der Waals surface area contributed by atoms with Crippen molar-refractivity contribution in [3.8, 4) is 10.4 Å². The number of halogens is 2.